The van der Waals surface area contributed by atoms with Crippen LogP contribution in [-0.2, 0) is 0 Å². The van der Waals surface area contributed by atoms with E-state index in [-0.39, 0.29) is 6.04 Å². The van der Waals surface area contributed by atoms with Crippen LogP contribution in [0.1, 0.15) is 23.4 Å². The minimum atomic E-state index is 0.186. The molecule has 3 nitrogen and oxygen atoms in total. The van der Waals surface area contributed by atoms with Crippen molar-refractivity contribution >= 4 is 22.2 Å². The number of rotatable bonds is 4. The highest BCUT2D eigenvalue weighted by atomic mass is 32.1. The van der Waals surface area contributed by atoms with E-state index < -0.39 is 0 Å². The smallest absolute Gasteiger partial charge is 0.0794 e. The van der Waals surface area contributed by atoms with Crippen LogP contribution < -0.4 is 5.32 Å². The van der Waals surface area contributed by atoms with Gasteiger partial charge in [0.05, 0.1) is 17.1 Å². The highest BCUT2D eigenvalue weighted by Gasteiger charge is 2.16. The van der Waals surface area contributed by atoms with E-state index >= 15 is 0 Å². The average molecular weight is 269 g/mol. The first-order valence-electron chi connectivity index (χ1n) is 6.35. The third-order valence-corrected chi connectivity index (χ3v) is 3.98. The highest BCUT2D eigenvalue weighted by molar-refractivity contribution is 7.09. The average Bonchev–Trinajstić information content (AvgIpc) is 2.98. The molecule has 3 aromatic rings. The maximum atomic E-state index is 4.43. The van der Waals surface area contributed by atoms with Gasteiger partial charge in [0.15, 0.2) is 0 Å². The van der Waals surface area contributed by atoms with E-state index in [1.165, 1.54) is 15.8 Å². The molecule has 0 bridgehead atoms. The molecule has 0 fully saturated rings. The number of pyridine rings is 1. The van der Waals surface area contributed by atoms with Crippen molar-refractivity contribution in [2.24, 2.45) is 0 Å². The number of nitrogens with zero attached hydrogens (tertiary/aromatic N) is 2. The number of benzene rings is 1. The van der Waals surface area contributed by atoms with Crippen molar-refractivity contribution in [3.63, 3.8) is 0 Å². The van der Waals surface area contributed by atoms with Crippen LogP contribution in [0.5, 0.6) is 0 Å². The van der Waals surface area contributed by atoms with Crippen molar-refractivity contribution in [3.8, 4) is 0 Å². The zero-order valence-corrected chi connectivity index (χ0v) is 11.5. The molecule has 2 heterocycles. The van der Waals surface area contributed by atoms with Crippen LogP contribution in [-0.4, -0.2) is 16.5 Å². The summed E-state index contributed by atoms with van der Waals surface area (Å²) in [6.45, 7) is 3.04. The summed E-state index contributed by atoms with van der Waals surface area (Å²) in [5.74, 6) is 0. The second kappa shape index (κ2) is 5.47. The summed E-state index contributed by atoms with van der Waals surface area (Å²) >= 11 is 1.68. The largest absolute Gasteiger partial charge is 0.306 e. The molecular weight excluding hydrogens is 254 g/mol. The molecule has 0 saturated carbocycles. The summed E-state index contributed by atoms with van der Waals surface area (Å²) < 4.78 is 0. The van der Waals surface area contributed by atoms with Crippen molar-refractivity contribution in [2.75, 3.05) is 6.54 Å². The summed E-state index contributed by atoms with van der Waals surface area (Å²) in [6, 6.07) is 10.6. The Morgan fingerprint density at radius 2 is 2.21 bits per heavy atom. The van der Waals surface area contributed by atoms with Gasteiger partial charge in [0.25, 0.3) is 0 Å². The topological polar surface area (TPSA) is 37.8 Å². The van der Waals surface area contributed by atoms with E-state index in [4.69, 9.17) is 0 Å². The third kappa shape index (κ3) is 2.37. The van der Waals surface area contributed by atoms with E-state index in [1.54, 1.807) is 11.3 Å². The highest BCUT2D eigenvalue weighted by Crippen LogP contribution is 2.29. The summed E-state index contributed by atoms with van der Waals surface area (Å²) in [5, 5.41) is 4.73. The van der Waals surface area contributed by atoms with Gasteiger partial charge in [0, 0.05) is 22.7 Å². The number of fused-ring (bicyclic) bond motifs is 1. The van der Waals surface area contributed by atoms with Crippen LogP contribution in [0.15, 0.2) is 48.2 Å². The minimum absolute atomic E-state index is 0.186. The maximum absolute atomic E-state index is 4.43. The second-order valence-electron chi connectivity index (χ2n) is 4.31. The molecule has 0 saturated heterocycles. The van der Waals surface area contributed by atoms with Gasteiger partial charge in [-0.25, -0.2) is 0 Å². The fourth-order valence-electron chi connectivity index (χ4n) is 2.31. The maximum Gasteiger partial charge on any atom is 0.0794 e. The first-order chi connectivity index (χ1) is 9.40. The number of nitrogens with one attached hydrogen (secondary N) is 1. The van der Waals surface area contributed by atoms with Crippen molar-refractivity contribution in [3.05, 3.63) is 58.7 Å². The van der Waals surface area contributed by atoms with Gasteiger partial charge in [0.2, 0.25) is 0 Å². The molecule has 1 aromatic carbocycles. The number of hydrogen-bond donors (Lipinski definition) is 1. The Hall–Kier alpha value is -1.78. The van der Waals surface area contributed by atoms with E-state index in [9.17, 15) is 0 Å². The molecule has 0 aliphatic heterocycles. The summed E-state index contributed by atoms with van der Waals surface area (Å²) in [6.07, 6.45) is 3.77. The van der Waals surface area contributed by atoms with E-state index in [0.29, 0.717) is 0 Å². The molecule has 96 valence electrons. The normalized spacial score (nSPS) is 12.7. The van der Waals surface area contributed by atoms with Gasteiger partial charge >= 0.3 is 0 Å². The summed E-state index contributed by atoms with van der Waals surface area (Å²) in [7, 11) is 0. The monoisotopic (exact) mass is 269 g/mol. The minimum Gasteiger partial charge on any atom is -0.306 e. The zero-order valence-electron chi connectivity index (χ0n) is 10.7. The standard InChI is InChI=1S/C15H15N3S/c1-2-17-15(14-9-16-10-19-14)12-5-3-7-13-11(12)6-4-8-18-13/h3-10,15,17H,2H2,1H3. The predicted octanol–water partition coefficient (Wildman–Crippen LogP) is 3.39. The molecule has 1 unspecified atom stereocenters. The molecule has 0 spiro atoms. The van der Waals surface area contributed by atoms with Crippen LogP contribution in [0.25, 0.3) is 10.9 Å². The molecule has 1 atom stereocenters. The van der Waals surface area contributed by atoms with Crippen LogP contribution in [0.3, 0.4) is 0 Å². The molecule has 0 aliphatic carbocycles. The molecule has 2 aromatic heterocycles. The third-order valence-electron chi connectivity index (χ3n) is 3.13. The van der Waals surface area contributed by atoms with Crippen molar-refractivity contribution in [1.29, 1.82) is 0 Å². The lowest BCUT2D eigenvalue weighted by Crippen LogP contribution is -2.21. The van der Waals surface area contributed by atoms with E-state index in [2.05, 4.69) is 46.5 Å². The Kier molecular flexibility index (Phi) is 3.53. The van der Waals surface area contributed by atoms with Gasteiger partial charge in [-0.1, -0.05) is 25.1 Å². The van der Waals surface area contributed by atoms with Crippen LogP contribution >= 0.6 is 11.3 Å². The lowest BCUT2D eigenvalue weighted by molar-refractivity contribution is 0.642. The molecule has 0 radical (unpaired) electrons. The Labute approximate surface area is 116 Å². The second-order valence-corrected chi connectivity index (χ2v) is 5.23. The zero-order chi connectivity index (χ0) is 13.1. The number of aromatic nitrogens is 2. The predicted molar refractivity (Wildman–Crippen MR) is 79.4 cm³/mol. The molecule has 0 amide bonds. The van der Waals surface area contributed by atoms with Gasteiger partial charge in [0.1, 0.15) is 0 Å². The van der Waals surface area contributed by atoms with Gasteiger partial charge in [-0.3, -0.25) is 9.97 Å². The first kappa shape index (κ1) is 12.3. The van der Waals surface area contributed by atoms with Crippen LogP contribution in [0, 0.1) is 0 Å². The molecule has 1 N–H and O–H groups in total. The van der Waals surface area contributed by atoms with E-state index in [1.807, 2.05) is 24.0 Å². The fourth-order valence-corrected chi connectivity index (χ4v) is 3.03. The molecular formula is C15H15N3S. The van der Waals surface area contributed by atoms with Crippen molar-refractivity contribution in [1.82, 2.24) is 15.3 Å². The lowest BCUT2D eigenvalue weighted by Gasteiger charge is -2.18. The fraction of sp³-hybridized carbons (Fsp3) is 0.200. The molecule has 3 rings (SSSR count). The van der Waals surface area contributed by atoms with Crippen LogP contribution in [0.2, 0.25) is 0 Å². The van der Waals surface area contributed by atoms with Crippen LogP contribution in [0.4, 0.5) is 0 Å². The molecule has 0 aliphatic rings. The van der Waals surface area contributed by atoms with Gasteiger partial charge in [-0.05, 0) is 24.2 Å². The van der Waals surface area contributed by atoms with Gasteiger partial charge in [-0.15, -0.1) is 11.3 Å². The number of thiazole rings is 1. The number of hydrogen-bond acceptors (Lipinski definition) is 4. The van der Waals surface area contributed by atoms with Crippen molar-refractivity contribution < 1.29 is 0 Å². The Balaban J connectivity index is 2.15. The molecule has 19 heavy (non-hydrogen) atoms. The Morgan fingerprint density at radius 3 is 3.00 bits per heavy atom. The van der Waals surface area contributed by atoms with Crippen molar-refractivity contribution in [2.45, 2.75) is 13.0 Å². The first-order valence-corrected chi connectivity index (χ1v) is 7.23. The SMILES string of the molecule is CCNC(c1cncs1)c1cccc2ncccc12. The van der Waals surface area contributed by atoms with E-state index in [0.717, 1.165) is 12.1 Å². The lowest BCUT2D eigenvalue weighted by atomic mass is 10.0. The Morgan fingerprint density at radius 1 is 1.26 bits per heavy atom. The molecule has 4 heteroatoms. The summed E-state index contributed by atoms with van der Waals surface area (Å²) in [5.41, 5.74) is 4.17. The van der Waals surface area contributed by atoms with Gasteiger partial charge in [-0.2, -0.15) is 0 Å². The summed E-state index contributed by atoms with van der Waals surface area (Å²) in [4.78, 5) is 9.85. The quantitative estimate of drug-likeness (QED) is 0.789. The van der Waals surface area contributed by atoms with Gasteiger partial charge < -0.3 is 5.32 Å². The Bertz CT molecular complexity index is 659.